The van der Waals surface area contributed by atoms with Crippen molar-refractivity contribution in [2.24, 2.45) is 0 Å². The quantitative estimate of drug-likeness (QED) is 0.932. The predicted molar refractivity (Wildman–Crippen MR) is 67.0 cm³/mol. The highest BCUT2D eigenvalue weighted by molar-refractivity contribution is 7.09. The summed E-state index contributed by atoms with van der Waals surface area (Å²) in [6.45, 7) is 1.80. The Labute approximate surface area is 112 Å². The lowest BCUT2D eigenvalue weighted by Crippen LogP contribution is -2.13. The molecule has 0 saturated carbocycles. The fourth-order valence-corrected chi connectivity index (χ4v) is 2.63. The normalized spacial score (nSPS) is 13.5. The molecule has 2 rings (SSSR count). The number of alkyl halides is 3. The Hall–Kier alpha value is -1.40. The van der Waals surface area contributed by atoms with Gasteiger partial charge in [0.2, 0.25) is 0 Å². The second-order valence-corrected chi connectivity index (χ2v) is 5.13. The molecule has 6 heteroatoms. The summed E-state index contributed by atoms with van der Waals surface area (Å²) in [4.78, 5) is 4.15. The molecule has 1 heterocycles. The van der Waals surface area contributed by atoms with Crippen LogP contribution in [0.25, 0.3) is 0 Å². The standard InChI is InChI=1S/C13H12F3NOS/c1-8-7-19-12(17-8)6-11(18)9-4-2-3-5-10(9)13(14,15)16/h2-5,7,11,18H,6H2,1H3. The van der Waals surface area contributed by atoms with Gasteiger partial charge in [-0.15, -0.1) is 11.3 Å². The lowest BCUT2D eigenvalue weighted by Gasteiger charge is -2.16. The number of benzene rings is 1. The van der Waals surface area contributed by atoms with Crippen LogP contribution in [0.3, 0.4) is 0 Å². The topological polar surface area (TPSA) is 33.1 Å². The molecule has 0 aliphatic carbocycles. The van der Waals surface area contributed by atoms with Gasteiger partial charge in [-0.25, -0.2) is 4.98 Å². The van der Waals surface area contributed by atoms with Crippen LogP contribution in [-0.2, 0) is 12.6 Å². The molecule has 1 N–H and O–H groups in total. The van der Waals surface area contributed by atoms with Crippen molar-refractivity contribution in [2.45, 2.75) is 25.6 Å². The molecule has 0 amide bonds. The van der Waals surface area contributed by atoms with Gasteiger partial charge in [0.15, 0.2) is 0 Å². The SMILES string of the molecule is Cc1csc(CC(O)c2ccccc2C(F)(F)F)n1. The Kier molecular flexibility index (Phi) is 3.91. The van der Waals surface area contributed by atoms with E-state index in [4.69, 9.17) is 0 Å². The van der Waals surface area contributed by atoms with Crippen LogP contribution in [-0.4, -0.2) is 10.1 Å². The molecule has 0 aliphatic heterocycles. The minimum Gasteiger partial charge on any atom is -0.388 e. The summed E-state index contributed by atoms with van der Waals surface area (Å²) in [5, 5.41) is 12.4. The third-order valence-electron chi connectivity index (χ3n) is 2.66. The Bertz CT molecular complexity index is 565. The number of nitrogens with zero attached hydrogens (tertiary/aromatic N) is 1. The number of aryl methyl sites for hydroxylation is 1. The number of aliphatic hydroxyl groups is 1. The third kappa shape index (κ3) is 3.33. The summed E-state index contributed by atoms with van der Waals surface area (Å²) in [6.07, 6.45) is -5.58. The highest BCUT2D eigenvalue weighted by Gasteiger charge is 2.34. The van der Waals surface area contributed by atoms with Crippen LogP contribution in [0.4, 0.5) is 13.2 Å². The van der Waals surface area contributed by atoms with Crippen LogP contribution in [0.5, 0.6) is 0 Å². The van der Waals surface area contributed by atoms with Gasteiger partial charge in [-0.05, 0) is 18.6 Å². The van der Waals surface area contributed by atoms with Crippen LogP contribution in [0.1, 0.15) is 27.9 Å². The largest absolute Gasteiger partial charge is 0.416 e. The van der Waals surface area contributed by atoms with Crippen LogP contribution in [0.15, 0.2) is 29.6 Å². The maximum absolute atomic E-state index is 12.8. The smallest absolute Gasteiger partial charge is 0.388 e. The zero-order chi connectivity index (χ0) is 14.0. The van der Waals surface area contributed by atoms with Crippen molar-refractivity contribution in [3.8, 4) is 0 Å². The molecule has 0 fully saturated rings. The van der Waals surface area contributed by atoms with Crippen LogP contribution < -0.4 is 0 Å². The summed E-state index contributed by atoms with van der Waals surface area (Å²) in [5.41, 5.74) is -0.102. The summed E-state index contributed by atoms with van der Waals surface area (Å²) < 4.78 is 38.5. The molecule has 1 aromatic heterocycles. The van der Waals surface area contributed by atoms with E-state index in [2.05, 4.69) is 4.98 Å². The second kappa shape index (κ2) is 5.30. The molecule has 0 spiro atoms. The maximum atomic E-state index is 12.8. The molecule has 0 aliphatic rings. The van der Waals surface area contributed by atoms with Crippen molar-refractivity contribution in [1.82, 2.24) is 4.98 Å². The highest BCUT2D eigenvalue weighted by Crippen LogP contribution is 2.35. The summed E-state index contributed by atoms with van der Waals surface area (Å²) >= 11 is 1.33. The zero-order valence-electron chi connectivity index (χ0n) is 10.1. The van der Waals surface area contributed by atoms with Crippen LogP contribution >= 0.6 is 11.3 Å². The molecular formula is C13H12F3NOS. The van der Waals surface area contributed by atoms with Gasteiger partial charge in [0.1, 0.15) is 0 Å². The van der Waals surface area contributed by atoms with Gasteiger partial charge in [-0.1, -0.05) is 18.2 Å². The molecule has 1 atom stereocenters. The molecule has 19 heavy (non-hydrogen) atoms. The van der Waals surface area contributed by atoms with Crippen LogP contribution in [0.2, 0.25) is 0 Å². The van der Waals surface area contributed by atoms with Crippen molar-refractivity contribution < 1.29 is 18.3 Å². The minimum absolute atomic E-state index is 0.0889. The van der Waals surface area contributed by atoms with Gasteiger partial charge < -0.3 is 5.11 Å². The number of thiazole rings is 1. The maximum Gasteiger partial charge on any atom is 0.416 e. The lowest BCUT2D eigenvalue weighted by atomic mass is 10.00. The zero-order valence-corrected chi connectivity index (χ0v) is 10.9. The molecule has 1 aromatic carbocycles. The fourth-order valence-electron chi connectivity index (χ4n) is 1.82. The predicted octanol–water partition coefficient (Wildman–Crippen LogP) is 3.75. The molecular weight excluding hydrogens is 275 g/mol. The molecule has 0 saturated heterocycles. The number of aromatic nitrogens is 1. The van der Waals surface area contributed by atoms with Crippen molar-refractivity contribution >= 4 is 11.3 Å². The fraction of sp³-hybridized carbons (Fsp3) is 0.308. The van der Waals surface area contributed by atoms with Gasteiger partial charge in [0.05, 0.1) is 16.7 Å². The Morgan fingerprint density at radius 3 is 2.58 bits per heavy atom. The molecule has 102 valence electrons. The first-order valence-electron chi connectivity index (χ1n) is 5.63. The van der Waals surface area contributed by atoms with Crippen molar-refractivity contribution in [3.63, 3.8) is 0 Å². The number of aliphatic hydroxyl groups excluding tert-OH is 1. The molecule has 1 unspecified atom stereocenters. The number of halogens is 3. The van der Waals surface area contributed by atoms with E-state index in [-0.39, 0.29) is 12.0 Å². The molecule has 0 bridgehead atoms. The number of hydrogen-bond acceptors (Lipinski definition) is 3. The van der Waals surface area contributed by atoms with Gasteiger partial charge in [0, 0.05) is 17.5 Å². The first kappa shape index (κ1) is 14.0. The number of rotatable bonds is 3. The molecule has 2 aromatic rings. The van der Waals surface area contributed by atoms with Crippen LogP contribution in [0, 0.1) is 6.92 Å². The van der Waals surface area contributed by atoms with Crippen molar-refractivity contribution in [2.75, 3.05) is 0 Å². The van der Waals surface area contributed by atoms with Crippen molar-refractivity contribution in [3.05, 3.63) is 51.5 Å². The lowest BCUT2D eigenvalue weighted by molar-refractivity contribution is -0.139. The van der Waals surface area contributed by atoms with Gasteiger partial charge in [-0.3, -0.25) is 0 Å². The van der Waals surface area contributed by atoms with Crippen molar-refractivity contribution in [1.29, 1.82) is 0 Å². The third-order valence-corrected chi connectivity index (χ3v) is 3.65. The summed E-state index contributed by atoms with van der Waals surface area (Å²) in [5.74, 6) is 0. The Balaban J connectivity index is 2.26. The average molecular weight is 287 g/mol. The Morgan fingerprint density at radius 1 is 1.32 bits per heavy atom. The first-order valence-corrected chi connectivity index (χ1v) is 6.51. The van der Waals surface area contributed by atoms with E-state index in [1.807, 2.05) is 0 Å². The summed E-state index contributed by atoms with van der Waals surface area (Å²) in [7, 11) is 0. The molecule has 2 nitrogen and oxygen atoms in total. The van der Waals surface area contributed by atoms with Gasteiger partial charge in [0.25, 0.3) is 0 Å². The summed E-state index contributed by atoms with van der Waals surface area (Å²) in [6, 6.07) is 5.08. The van der Waals surface area contributed by atoms with E-state index in [1.54, 1.807) is 12.3 Å². The average Bonchev–Trinajstić information content (AvgIpc) is 2.73. The van der Waals surface area contributed by atoms with Gasteiger partial charge >= 0.3 is 6.18 Å². The highest BCUT2D eigenvalue weighted by atomic mass is 32.1. The van der Waals surface area contributed by atoms with E-state index in [9.17, 15) is 18.3 Å². The Morgan fingerprint density at radius 2 is 2.00 bits per heavy atom. The first-order chi connectivity index (χ1) is 8.88. The van der Waals surface area contributed by atoms with E-state index in [0.29, 0.717) is 5.01 Å². The number of hydrogen-bond donors (Lipinski definition) is 1. The van der Waals surface area contributed by atoms with E-state index in [0.717, 1.165) is 11.8 Å². The van der Waals surface area contributed by atoms with Gasteiger partial charge in [-0.2, -0.15) is 13.2 Å². The monoisotopic (exact) mass is 287 g/mol. The van der Waals surface area contributed by atoms with E-state index >= 15 is 0 Å². The van der Waals surface area contributed by atoms with E-state index < -0.39 is 17.8 Å². The minimum atomic E-state index is -4.46. The second-order valence-electron chi connectivity index (χ2n) is 4.19. The van der Waals surface area contributed by atoms with E-state index in [1.165, 1.54) is 29.5 Å². The molecule has 0 radical (unpaired) electrons.